The first kappa shape index (κ1) is 23.2. The predicted octanol–water partition coefficient (Wildman–Crippen LogP) is 9.37. The zero-order valence-electron chi connectivity index (χ0n) is 21.1. The van der Waals surface area contributed by atoms with Gasteiger partial charge in [-0.15, -0.1) is 0 Å². The molecule has 0 fully saturated rings. The molecule has 0 spiro atoms. The molecule has 1 aliphatic carbocycles. The summed E-state index contributed by atoms with van der Waals surface area (Å²) in [6.45, 7) is 4.50. The number of hydrogen-bond donors (Lipinski definition) is 0. The maximum atomic E-state index is 16.1. The minimum Gasteiger partial charge on any atom is -0.340 e. The number of halogens is 2. The molecule has 3 heteroatoms. The maximum absolute atomic E-state index is 16.1. The first-order valence-corrected chi connectivity index (χ1v) is 12.5. The second-order valence-corrected chi connectivity index (χ2v) is 10.2. The molecule has 0 heterocycles. The molecule has 5 aromatic rings. The predicted molar refractivity (Wildman–Crippen MR) is 149 cm³/mol. The van der Waals surface area contributed by atoms with E-state index in [2.05, 4.69) is 56.3 Å². The van der Waals surface area contributed by atoms with Crippen molar-refractivity contribution in [2.75, 3.05) is 11.9 Å². The fourth-order valence-electron chi connectivity index (χ4n) is 5.59. The van der Waals surface area contributed by atoms with Crippen molar-refractivity contribution in [1.82, 2.24) is 0 Å². The molecule has 0 amide bonds. The van der Waals surface area contributed by atoms with E-state index in [1.54, 1.807) is 30.1 Å². The van der Waals surface area contributed by atoms with Gasteiger partial charge in [0.05, 0.1) is 11.4 Å². The van der Waals surface area contributed by atoms with E-state index in [1.807, 2.05) is 42.5 Å². The van der Waals surface area contributed by atoms with E-state index in [0.717, 1.165) is 16.7 Å². The van der Waals surface area contributed by atoms with Crippen molar-refractivity contribution in [3.8, 4) is 33.4 Å². The highest BCUT2D eigenvalue weighted by atomic mass is 19.1. The zero-order valence-corrected chi connectivity index (χ0v) is 21.1. The van der Waals surface area contributed by atoms with E-state index in [-0.39, 0.29) is 11.2 Å². The topological polar surface area (TPSA) is 3.24 Å². The van der Waals surface area contributed by atoms with Crippen molar-refractivity contribution < 1.29 is 8.78 Å². The van der Waals surface area contributed by atoms with Crippen molar-refractivity contribution in [3.05, 3.63) is 132 Å². The Morgan fingerprint density at radius 3 is 2.00 bits per heavy atom. The lowest BCUT2D eigenvalue weighted by atomic mass is 9.81. The molecule has 0 unspecified atom stereocenters. The van der Waals surface area contributed by atoms with E-state index in [9.17, 15) is 4.39 Å². The maximum Gasteiger partial charge on any atom is 0.154 e. The van der Waals surface area contributed by atoms with Gasteiger partial charge in [-0.25, -0.2) is 8.78 Å². The van der Waals surface area contributed by atoms with Crippen LogP contribution in [0.25, 0.3) is 33.4 Å². The Balaban J connectivity index is 1.55. The summed E-state index contributed by atoms with van der Waals surface area (Å²) in [5.41, 5.74) is 8.71. The first-order chi connectivity index (χ1) is 17.9. The van der Waals surface area contributed by atoms with Gasteiger partial charge < -0.3 is 4.90 Å². The minimum atomic E-state index is -0.395. The van der Waals surface area contributed by atoms with Crippen molar-refractivity contribution in [2.24, 2.45) is 0 Å². The lowest BCUT2D eigenvalue weighted by Crippen LogP contribution is -2.15. The molecule has 5 aromatic carbocycles. The van der Waals surface area contributed by atoms with Crippen molar-refractivity contribution >= 4 is 11.4 Å². The second-order valence-electron chi connectivity index (χ2n) is 10.2. The highest BCUT2D eigenvalue weighted by molar-refractivity contribution is 5.86. The van der Waals surface area contributed by atoms with E-state index in [0.29, 0.717) is 16.9 Å². The molecule has 1 nitrogen and oxygen atoms in total. The van der Waals surface area contributed by atoms with Gasteiger partial charge in [0.15, 0.2) is 5.82 Å². The number of anilines is 2. The smallest absolute Gasteiger partial charge is 0.154 e. The van der Waals surface area contributed by atoms with Crippen molar-refractivity contribution in [2.45, 2.75) is 19.3 Å². The molecule has 37 heavy (non-hydrogen) atoms. The minimum absolute atomic E-state index is 0.142. The summed E-state index contributed by atoms with van der Waals surface area (Å²) in [5, 5.41) is 0. The SMILES string of the molecule is CN(c1ccccc1F)c1cc(-c2ccc3c(c2)C(C)(C)c2ccccc2-3)cc(-c2ccccc2)c1F. The van der Waals surface area contributed by atoms with Gasteiger partial charge in [-0.1, -0.05) is 92.7 Å². The number of para-hydroxylation sites is 1. The highest BCUT2D eigenvalue weighted by Gasteiger charge is 2.35. The highest BCUT2D eigenvalue weighted by Crippen LogP contribution is 2.50. The number of nitrogens with zero attached hydrogens (tertiary/aromatic N) is 1. The average molecular weight is 488 g/mol. The quantitative estimate of drug-likeness (QED) is 0.244. The molecule has 0 radical (unpaired) electrons. The zero-order chi connectivity index (χ0) is 25.7. The third-order valence-corrected chi connectivity index (χ3v) is 7.63. The number of hydrogen-bond acceptors (Lipinski definition) is 1. The van der Waals surface area contributed by atoms with Crippen molar-refractivity contribution in [1.29, 1.82) is 0 Å². The number of fused-ring (bicyclic) bond motifs is 3. The van der Waals surface area contributed by atoms with Crippen LogP contribution in [0.2, 0.25) is 0 Å². The Morgan fingerprint density at radius 1 is 0.541 bits per heavy atom. The van der Waals surface area contributed by atoms with Gasteiger partial charge >= 0.3 is 0 Å². The first-order valence-electron chi connectivity index (χ1n) is 12.5. The third kappa shape index (κ3) is 3.74. The molecular weight excluding hydrogens is 460 g/mol. The third-order valence-electron chi connectivity index (χ3n) is 7.63. The standard InChI is InChI=1S/C34H27F2N/c1-34(2)28-14-8-7-13-25(28)26-18-17-23(20-29(26)34)24-19-27(22-11-5-4-6-12-22)33(36)32(21-24)37(3)31-16-10-9-15-30(31)35/h4-21H,1-3H3. The molecule has 0 N–H and O–H groups in total. The number of benzene rings is 5. The fourth-order valence-corrected chi connectivity index (χ4v) is 5.59. The molecule has 0 saturated carbocycles. The van der Waals surface area contributed by atoms with Gasteiger partial charge in [0.2, 0.25) is 0 Å². The Labute approximate surface area is 216 Å². The van der Waals surface area contributed by atoms with Crippen LogP contribution in [0.4, 0.5) is 20.2 Å². The Kier molecular flexibility index (Phi) is 5.45. The van der Waals surface area contributed by atoms with Crippen LogP contribution in [0.15, 0.2) is 109 Å². The molecule has 6 rings (SSSR count). The molecule has 0 aliphatic heterocycles. The summed E-state index contributed by atoms with van der Waals surface area (Å²) >= 11 is 0. The summed E-state index contributed by atoms with van der Waals surface area (Å²) in [4.78, 5) is 1.59. The Morgan fingerprint density at radius 2 is 1.22 bits per heavy atom. The largest absolute Gasteiger partial charge is 0.340 e. The lowest BCUT2D eigenvalue weighted by Gasteiger charge is -2.24. The molecular formula is C34H27F2N. The molecule has 0 aromatic heterocycles. The van der Waals surface area contributed by atoms with Gasteiger partial charge in [-0.2, -0.15) is 0 Å². The van der Waals surface area contributed by atoms with E-state index < -0.39 is 5.82 Å². The lowest BCUT2D eigenvalue weighted by molar-refractivity contribution is 0.619. The molecule has 0 bridgehead atoms. The van der Waals surface area contributed by atoms with Crippen LogP contribution in [0, 0.1) is 11.6 Å². The van der Waals surface area contributed by atoms with Crippen molar-refractivity contribution in [3.63, 3.8) is 0 Å². The summed E-state index contributed by atoms with van der Waals surface area (Å²) in [5.74, 6) is -0.775. The van der Waals surface area contributed by atoms with Gasteiger partial charge in [0.1, 0.15) is 5.82 Å². The molecule has 0 saturated heterocycles. The molecule has 1 aliphatic rings. The summed E-state index contributed by atoms with van der Waals surface area (Å²) in [7, 11) is 1.71. The Bertz CT molecular complexity index is 1640. The summed E-state index contributed by atoms with van der Waals surface area (Å²) < 4.78 is 30.8. The van der Waals surface area contributed by atoms with Crippen LogP contribution in [0.1, 0.15) is 25.0 Å². The van der Waals surface area contributed by atoms with Crippen LogP contribution in [0.5, 0.6) is 0 Å². The summed E-state index contributed by atoms with van der Waals surface area (Å²) in [6.07, 6.45) is 0. The second kappa shape index (κ2) is 8.70. The normalized spacial score (nSPS) is 13.2. The van der Waals surface area contributed by atoms with Crippen LogP contribution in [0.3, 0.4) is 0 Å². The van der Waals surface area contributed by atoms with Crippen LogP contribution in [-0.4, -0.2) is 7.05 Å². The van der Waals surface area contributed by atoms with E-state index in [4.69, 9.17) is 0 Å². The van der Waals surface area contributed by atoms with Gasteiger partial charge in [-0.3, -0.25) is 0 Å². The summed E-state index contributed by atoms with van der Waals surface area (Å²) in [6, 6.07) is 34.7. The monoisotopic (exact) mass is 487 g/mol. The van der Waals surface area contributed by atoms with E-state index in [1.165, 1.54) is 28.3 Å². The number of rotatable bonds is 4. The molecule has 182 valence electrons. The fraction of sp³-hybridized carbons (Fsp3) is 0.118. The Hall–Kier alpha value is -4.24. The van der Waals surface area contributed by atoms with Gasteiger partial charge in [0.25, 0.3) is 0 Å². The molecule has 0 atom stereocenters. The van der Waals surface area contributed by atoms with Crippen LogP contribution < -0.4 is 4.90 Å². The van der Waals surface area contributed by atoms with E-state index >= 15 is 4.39 Å². The van der Waals surface area contributed by atoms with Gasteiger partial charge in [0, 0.05) is 18.0 Å². The van der Waals surface area contributed by atoms with Gasteiger partial charge in [-0.05, 0) is 69.3 Å². The van der Waals surface area contributed by atoms with Crippen LogP contribution >= 0.6 is 0 Å². The average Bonchev–Trinajstić information content (AvgIpc) is 3.15. The van der Waals surface area contributed by atoms with Crippen LogP contribution in [-0.2, 0) is 5.41 Å².